The Bertz CT molecular complexity index is 323. The lowest BCUT2D eigenvalue weighted by molar-refractivity contribution is -0.141. The van der Waals surface area contributed by atoms with Crippen LogP contribution in [0, 0.1) is 0 Å². The minimum absolute atomic E-state index is 0.0716. The molecule has 2 amide bonds. The van der Waals surface area contributed by atoms with E-state index in [4.69, 9.17) is 5.11 Å². The number of carboxylic acids is 1. The van der Waals surface area contributed by atoms with E-state index in [9.17, 15) is 14.7 Å². The summed E-state index contributed by atoms with van der Waals surface area (Å²) in [7, 11) is 0. The van der Waals surface area contributed by atoms with Crippen LogP contribution in [0.1, 0.15) is 58.3 Å². The summed E-state index contributed by atoms with van der Waals surface area (Å²) in [5.74, 6) is -1.09. The van der Waals surface area contributed by atoms with E-state index in [0.717, 1.165) is 25.7 Å². The molecule has 4 N–H and O–H groups in total. The highest BCUT2D eigenvalue weighted by Crippen LogP contribution is 2.17. The first-order chi connectivity index (χ1) is 9.39. The Labute approximate surface area is 119 Å². The molecule has 0 radical (unpaired) electrons. The molecular formula is C14H26N2O4. The summed E-state index contributed by atoms with van der Waals surface area (Å²) in [5, 5.41) is 23.9. The number of nitrogens with one attached hydrogen (secondary N) is 2. The van der Waals surface area contributed by atoms with Crippen LogP contribution >= 0.6 is 0 Å². The molecular weight excluding hydrogens is 260 g/mol. The van der Waals surface area contributed by atoms with E-state index in [1.807, 2.05) is 0 Å². The normalized spacial score (nSPS) is 20.3. The van der Waals surface area contributed by atoms with Crippen molar-refractivity contribution in [3.8, 4) is 0 Å². The average Bonchev–Trinajstić information content (AvgIpc) is 2.28. The highest BCUT2D eigenvalue weighted by molar-refractivity contribution is 5.74. The SMILES string of the molecule is CC(O)(CNC(=O)NC1CCCCCCC1)CC(=O)O. The van der Waals surface area contributed by atoms with Crippen LogP contribution in [0.5, 0.6) is 0 Å². The Morgan fingerprint density at radius 1 is 1.15 bits per heavy atom. The lowest BCUT2D eigenvalue weighted by Gasteiger charge is -2.24. The first-order valence-corrected chi connectivity index (χ1v) is 7.37. The van der Waals surface area contributed by atoms with Crippen molar-refractivity contribution in [2.24, 2.45) is 0 Å². The monoisotopic (exact) mass is 286 g/mol. The van der Waals surface area contributed by atoms with Crippen molar-refractivity contribution in [2.45, 2.75) is 69.9 Å². The number of hydrogen-bond donors (Lipinski definition) is 4. The van der Waals surface area contributed by atoms with Gasteiger partial charge in [-0.15, -0.1) is 0 Å². The topological polar surface area (TPSA) is 98.7 Å². The Balaban J connectivity index is 2.29. The zero-order valence-electron chi connectivity index (χ0n) is 12.2. The van der Waals surface area contributed by atoms with E-state index in [1.165, 1.54) is 26.2 Å². The van der Waals surface area contributed by atoms with Gasteiger partial charge >= 0.3 is 12.0 Å². The Morgan fingerprint density at radius 2 is 1.70 bits per heavy atom. The van der Waals surface area contributed by atoms with Gasteiger partial charge in [0.25, 0.3) is 0 Å². The minimum Gasteiger partial charge on any atom is -0.481 e. The second kappa shape index (κ2) is 8.09. The molecule has 0 aliphatic heterocycles. The number of rotatable bonds is 5. The third-order valence-corrected chi connectivity index (χ3v) is 3.60. The Hall–Kier alpha value is -1.30. The van der Waals surface area contributed by atoms with Crippen LogP contribution in [0.15, 0.2) is 0 Å². The van der Waals surface area contributed by atoms with Crippen molar-refractivity contribution < 1.29 is 19.8 Å². The smallest absolute Gasteiger partial charge is 0.315 e. The third kappa shape index (κ3) is 7.33. The zero-order chi connectivity index (χ0) is 15.0. The highest BCUT2D eigenvalue weighted by Gasteiger charge is 2.25. The lowest BCUT2D eigenvalue weighted by Crippen LogP contribution is -2.48. The van der Waals surface area contributed by atoms with Crippen LogP contribution in [0.25, 0.3) is 0 Å². The fraction of sp³-hybridized carbons (Fsp3) is 0.857. The Kier molecular flexibility index (Phi) is 6.78. The maximum Gasteiger partial charge on any atom is 0.315 e. The first kappa shape index (κ1) is 16.8. The van der Waals surface area contributed by atoms with Gasteiger partial charge in [0, 0.05) is 12.6 Å². The molecule has 1 fully saturated rings. The number of carbonyl (C=O) groups is 2. The summed E-state index contributed by atoms with van der Waals surface area (Å²) in [6.07, 6.45) is 7.54. The predicted molar refractivity (Wildman–Crippen MR) is 75.5 cm³/mol. The molecule has 0 saturated heterocycles. The van der Waals surface area contributed by atoms with Crippen molar-refractivity contribution in [2.75, 3.05) is 6.54 Å². The van der Waals surface area contributed by atoms with Crippen molar-refractivity contribution in [3.63, 3.8) is 0 Å². The van der Waals surface area contributed by atoms with Crippen LogP contribution in [-0.4, -0.2) is 40.4 Å². The van der Waals surface area contributed by atoms with Gasteiger partial charge in [-0.2, -0.15) is 0 Å². The van der Waals surface area contributed by atoms with Crippen LogP contribution in [-0.2, 0) is 4.79 Å². The van der Waals surface area contributed by atoms with E-state index in [2.05, 4.69) is 10.6 Å². The maximum atomic E-state index is 11.8. The van der Waals surface area contributed by atoms with E-state index < -0.39 is 18.0 Å². The van der Waals surface area contributed by atoms with Crippen LogP contribution in [0.2, 0.25) is 0 Å². The average molecular weight is 286 g/mol. The van der Waals surface area contributed by atoms with Crippen molar-refractivity contribution in [1.29, 1.82) is 0 Å². The van der Waals surface area contributed by atoms with E-state index in [-0.39, 0.29) is 18.6 Å². The summed E-state index contributed by atoms with van der Waals surface area (Å²) in [6.45, 7) is 1.33. The molecule has 0 aromatic carbocycles. The van der Waals surface area contributed by atoms with Gasteiger partial charge in [-0.3, -0.25) is 4.79 Å². The predicted octanol–water partition coefficient (Wildman–Crippen LogP) is 1.62. The summed E-state index contributed by atoms with van der Waals surface area (Å²) in [4.78, 5) is 22.3. The number of aliphatic hydroxyl groups is 1. The molecule has 6 nitrogen and oxygen atoms in total. The molecule has 1 unspecified atom stereocenters. The first-order valence-electron chi connectivity index (χ1n) is 7.37. The van der Waals surface area contributed by atoms with Crippen LogP contribution in [0.3, 0.4) is 0 Å². The van der Waals surface area contributed by atoms with Crippen LogP contribution in [0.4, 0.5) is 4.79 Å². The molecule has 20 heavy (non-hydrogen) atoms. The number of hydrogen-bond acceptors (Lipinski definition) is 3. The van der Waals surface area contributed by atoms with E-state index in [0.29, 0.717) is 0 Å². The summed E-state index contributed by atoms with van der Waals surface area (Å²) in [6, 6.07) is -0.152. The molecule has 0 heterocycles. The Morgan fingerprint density at radius 3 is 2.25 bits per heavy atom. The van der Waals surface area contributed by atoms with Crippen molar-refractivity contribution in [1.82, 2.24) is 10.6 Å². The maximum absolute atomic E-state index is 11.8. The molecule has 116 valence electrons. The van der Waals surface area contributed by atoms with Crippen molar-refractivity contribution in [3.05, 3.63) is 0 Å². The molecule has 0 aromatic heterocycles. The lowest BCUT2D eigenvalue weighted by atomic mass is 9.97. The number of carbonyl (C=O) groups excluding carboxylic acids is 1. The fourth-order valence-electron chi connectivity index (χ4n) is 2.50. The van der Waals surface area contributed by atoms with Gasteiger partial charge in [0.2, 0.25) is 0 Å². The standard InChI is InChI=1S/C14H26N2O4/c1-14(20,9-12(17)18)10-15-13(19)16-11-7-5-3-2-4-6-8-11/h11,20H,2-10H2,1H3,(H,17,18)(H2,15,16,19). The number of carboxylic acid groups (broad SMARTS) is 1. The van der Waals surface area contributed by atoms with E-state index >= 15 is 0 Å². The molecule has 1 aliphatic rings. The quantitative estimate of drug-likeness (QED) is 0.617. The molecule has 1 atom stereocenters. The molecule has 1 rings (SSSR count). The summed E-state index contributed by atoms with van der Waals surface area (Å²) < 4.78 is 0. The minimum atomic E-state index is -1.43. The fourth-order valence-corrected chi connectivity index (χ4v) is 2.50. The van der Waals surface area contributed by atoms with Crippen molar-refractivity contribution >= 4 is 12.0 Å². The second-order valence-electron chi connectivity index (χ2n) is 5.94. The molecule has 6 heteroatoms. The molecule has 1 saturated carbocycles. The zero-order valence-corrected chi connectivity index (χ0v) is 12.2. The largest absolute Gasteiger partial charge is 0.481 e. The van der Waals surface area contributed by atoms with Crippen LogP contribution < -0.4 is 10.6 Å². The van der Waals surface area contributed by atoms with Gasteiger partial charge in [-0.05, 0) is 19.8 Å². The van der Waals surface area contributed by atoms with Gasteiger partial charge in [0.15, 0.2) is 0 Å². The summed E-state index contributed by atoms with van der Waals surface area (Å²) in [5.41, 5.74) is -1.43. The highest BCUT2D eigenvalue weighted by atomic mass is 16.4. The molecule has 0 aromatic rings. The summed E-state index contributed by atoms with van der Waals surface area (Å²) >= 11 is 0. The van der Waals surface area contributed by atoms with Gasteiger partial charge in [-0.25, -0.2) is 4.79 Å². The van der Waals surface area contributed by atoms with Gasteiger partial charge in [0.1, 0.15) is 0 Å². The molecule has 1 aliphatic carbocycles. The van der Waals surface area contributed by atoms with Gasteiger partial charge < -0.3 is 20.8 Å². The van der Waals surface area contributed by atoms with Gasteiger partial charge in [-0.1, -0.05) is 32.1 Å². The van der Waals surface area contributed by atoms with Gasteiger partial charge in [0.05, 0.1) is 12.0 Å². The third-order valence-electron chi connectivity index (χ3n) is 3.60. The number of urea groups is 1. The second-order valence-corrected chi connectivity index (χ2v) is 5.94. The number of amides is 2. The number of aliphatic carboxylic acids is 1. The molecule has 0 spiro atoms. The molecule has 0 bridgehead atoms. The van der Waals surface area contributed by atoms with E-state index in [1.54, 1.807) is 0 Å².